The second-order valence-electron chi connectivity index (χ2n) is 4.44. The van der Waals surface area contributed by atoms with Gasteiger partial charge in [-0.25, -0.2) is 5.43 Å². The third-order valence-electron chi connectivity index (χ3n) is 2.82. The van der Waals surface area contributed by atoms with Crippen molar-refractivity contribution >= 4 is 17.9 Å². The molecular formula is C14H18N4O2. The molecular weight excluding hydrogens is 256 g/mol. The molecule has 0 aromatic heterocycles. The number of carbonyl (C=O) groups is 2. The van der Waals surface area contributed by atoms with Gasteiger partial charge < -0.3 is 10.6 Å². The SMILES string of the molecule is O=C(/C=C/c1ccccc1)NCC(=O)NC1CCNN1. The highest BCUT2D eigenvalue weighted by molar-refractivity contribution is 5.94. The fraction of sp³-hybridized carbons (Fsp3) is 0.286. The number of rotatable bonds is 5. The summed E-state index contributed by atoms with van der Waals surface area (Å²) in [4.78, 5) is 23.1. The second-order valence-corrected chi connectivity index (χ2v) is 4.44. The van der Waals surface area contributed by atoms with Gasteiger partial charge in [-0.1, -0.05) is 30.3 Å². The lowest BCUT2D eigenvalue weighted by atomic mass is 10.2. The highest BCUT2D eigenvalue weighted by Gasteiger charge is 2.15. The van der Waals surface area contributed by atoms with Crippen LogP contribution in [0.2, 0.25) is 0 Å². The monoisotopic (exact) mass is 274 g/mol. The van der Waals surface area contributed by atoms with Crippen LogP contribution in [0.1, 0.15) is 12.0 Å². The van der Waals surface area contributed by atoms with E-state index in [2.05, 4.69) is 21.5 Å². The van der Waals surface area contributed by atoms with Crippen LogP contribution in [0.5, 0.6) is 0 Å². The van der Waals surface area contributed by atoms with Gasteiger partial charge in [-0.05, 0) is 18.1 Å². The Morgan fingerprint density at radius 1 is 1.30 bits per heavy atom. The predicted octanol–water partition coefficient (Wildman–Crippen LogP) is -0.244. The summed E-state index contributed by atoms with van der Waals surface area (Å²) in [5.74, 6) is -0.505. The van der Waals surface area contributed by atoms with Crippen LogP contribution in [0, 0.1) is 0 Å². The fourth-order valence-corrected chi connectivity index (χ4v) is 1.80. The topological polar surface area (TPSA) is 82.3 Å². The summed E-state index contributed by atoms with van der Waals surface area (Å²) >= 11 is 0. The highest BCUT2D eigenvalue weighted by Crippen LogP contribution is 2.00. The quantitative estimate of drug-likeness (QED) is 0.558. The summed E-state index contributed by atoms with van der Waals surface area (Å²) in [6, 6.07) is 9.50. The van der Waals surface area contributed by atoms with Crippen LogP contribution in [0.15, 0.2) is 36.4 Å². The molecule has 1 aliphatic rings. The third-order valence-corrected chi connectivity index (χ3v) is 2.82. The Labute approximate surface area is 117 Å². The van der Waals surface area contributed by atoms with E-state index in [1.165, 1.54) is 6.08 Å². The van der Waals surface area contributed by atoms with E-state index in [0.717, 1.165) is 18.5 Å². The minimum Gasteiger partial charge on any atom is -0.343 e. The first-order valence-corrected chi connectivity index (χ1v) is 6.53. The van der Waals surface area contributed by atoms with Gasteiger partial charge in [0.25, 0.3) is 0 Å². The molecule has 1 aromatic carbocycles. The molecule has 0 saturated carbocycles. The van der Waals surface area contributed by atoms with Gasteiger partial charge in [0.1, 0.15) is 0 Å². The summed E-state index contributed by atoms with van der Waals surface area (Å²) in [7, 11) is 0. The zero-order chi connectivity index (χ0) is 14.2. The van der Waals surface area contributed by atoms with Crippen LogP contribution >= 0.6 is 0 Å². The molecule has 1 aromatic rings. The van der Waals surface area contributed by atoms with Crippen LogP contribution in [0.4, 0.5) is 0 Å². The molecule has 1 fully saturated rings. The van der Waals surface area contributed by atoms with E-state index in [1.807, 2.05) is 30.3 Å². The zero-order valence-electron chi connectivity index (χ0n) is 11.1. The molecule has 0 spiro atoms. The molecule has 6 nitrogen and oxygen atoms in total. The van der Waals surface area contributed by atoms with Crippen molar-refractivity contribution < 1.29 is 9.59 Å². The molecule has 4 N–H and O–H groups in total. The Kier molecular flexibility index (Phi) is 5.28. The summed E-state index contributed by atoms with van der Waals surface area (Å²) < 4.78 is 0. The Hall–Kier alpha value is -2.18. The van der Waals surface area contributed by atoms with E-state index in [9.17, 15) is 9.59 Å². The van der Waals surface area contributed by atoms with Gasteiger partial charge in [-0.2, -0.15) is 0 Å². The average Bonchev–Trinajstić information content (AvgIpc) is 2.97. The zero-order valence-corrected chi connectivity index (χ0v) is 11.1. The summed E-state index contributed by atoms with van der Waals surface area (Å²) in [6.45, 7) is 0.785. The first kappa shape index (κ1) is 14.2. The van der Waals surface area contributed by atoms with Crippen molar-refractivity contribution in [1.29, 1.82) is 0 Å². The number of carbonyl (C=O) groups excluding carboxylic acids is 2. The second kappa shape index (κ2) is 7.42. The Morgan fingerprint density at radius 3 is 2.80 bits per heavy atom. The molecule has 20 heavy (non-hydrogen) atoms. The van der Waals surface area contributed by atoms with Gasteiger partial charge >= 0.3 is 0 Å². The minimum atomic E-state index is -0.290. The smallest absolute Gasteiger partial charge is 0.244 e. The van der Waals surface area contributed by atoms with Crippen molar-refractivity contribution in [2.24, 2.45) is 0 Å². The van der Waals surface area contributed by atoms with Crippen molar-refractivity contribution in [3.05, 3.63) is 42.0 Å². The minimum absolute atomic E-state index is 0.0316. The molecule has 1 atom stereocenters. The van der Waals surface area contributed by atoms with Crippen molar-refractivity contribution in [1.82, 2.24) is 21.5 Å². The summed E-state index contributed by atoms with van der Waals surface area (Å²) in [5, 5.41) is 5.30. The number of hydrogen-bond acceptors (Lipinski definition) is 4. The summed E-state index contributed by atoms with van der Waals surface area (Å²) in [6.07, 6.45) is 3.88. The van der Waals surface area contributed by atoms with Crippen LogP contribution in [0.3, 0.4) is 0 Å². The van der Waals surface area contributed by atoms with Crippen molar-refractivity contribution in [3.8, 4) is 0 Å². The average molecular weight is 274 g/mol. The van der Waals surface area contributed by atoms with Crippen LogP contribution in [-0.2, 0) is 9.59 Å². The van der Waals surface area contributed by atoms with E-state index in [-0.39, 0.29) is 24.5 Å². The number of nitrogens with one attached hydrogen (secondary N) is 4. The van der Waals surface area contributed by atoms with Gasteiger partial charge in [0, 0.05) is 12.6 Å². The Balaban J connectivity index is 1.69. The molecule has 106 valence electrons. The normalized spacial score (nSPS) is 18.1. The predicted molar refractivity (Wildman–Crippen MR) is 76.2 cm³/mol. The molecule has 1 aliphatic heterocycles. The van der Waals surface area contributed by atoms with Gasteiger partial charge in [0.05, 0.1) is 12.7 Å². The molecule has 2 rings (SSSR count). The fourth-order valence-electron chi connectivity index (χ4n) is 1.80. The van der Waals surface area contributed by atoms with Gasteiger partial charge in [0.15, 0.2) is 0 Å². The van der Waals surface area contributed by atoms with Crippen LogP contribution < -0.4 is 21.5 Å². The van der Waals surface area contributed by atoms with E-state index >= 15 is 0 Å². The maximum atomic E-state index is 11.6. The highest BCUT2D eigenvalue weighted by atomic mass is 16.2. The van der Waals surface area contributed by atoms with Crippen molar-refractivity contribution in [2.75, 3.05) is 13.1 Å². The lowest BCUT2D eigenvalue weighted by molar-refractivity contribution is -0.124. The Morgan fingerprint density at radius 2 is 2.10 bits per heavy atom. The first-order chi connectivity index (χ1) is 9.74. The standard InChI is InChI=1S/C14H18N4O2/c19-13(7-6-11-4-2-1-3-5-11)15-10-14(20)17-12-8-9-16-18-12/h1-7,12,16,18H,8-10H2,(H,15,19)(H,17,20)/b7-6+. The largest absolute Gasteiger partial charge is 0.343 e. The molecule has 1 unspecified atom stereocenters. The maximum Gasteiger partial charge on any atom is 0.244 e. The molecule has 1 saturated heterocycles. The maximum absolute atomic E-state index is 11.6. The molecule has 0 aliphatic carbocycles. The Bertz CT molecular complexity index is 481. The first-order valence-electron chi connectivity index (χ1n) is 6.53. The van der Waals surface area contributed by atoms with Crippen molar-refractivity contribution in [2.45, 2.75) is 12.6 Å². The van der Waals surface area contributed by atoms with Gasteiger partial charge in [0.2, 0.25) is 11.8 Å². The molecule has 0 radical (unpaired) electrons. The lowest BCUT2D eigenvalue weighted by Gasteiger charge is -2.11. The van der Waals surface area contributed by atoms with E-state index < -0.39 is 0 Å². The van der Waals surface area contributed by atoms with Crippen LogP contribution in [-0.4, -0.2) is 31.1 Å². The number of benzene rings is 1. The molecule has 2 amide bonds. The van der Waals surface area contributed by atoms with Gasteiger partial charge in [-0.15, -0.1) is 0 Å². The lowest BCUT2D eigenvalue weighted by Crippen LogP contribution is -2.47. The van der Waals surface area contributed by atoms with E-state index in [0.29, 0.717) is 0 Å². The van der Waals surface area contributed by atoms with E-state index in [4.69, 9.17) is 0 Å². The molecule has 0 bridgehead atoms. The number of hydrazine groups is 1. The number of hydrogen-bond donors (Lipinski definition) is 4. The number of amides is 2. The van der Waals surface area contributed by atoms with Crippen LogP contribution in [0.25, 0.3) is 6.08 Å². The van der Waals surface area contributed by atoms with Crippen molar-refractivity contribution in [3.63, 3.8) is 0 Å². The summed E-state index contributed by atoms with van der Waals surface area (Å²) in [5.41, 5.74) is 6.77. The molecule has 1 heterocycles. The molecule has 6 heteroatoms. The third kappa shape index (κ3) is 4.83. The van der Waals surface area contributed by atoms with E-state index in [1.54, 1.807) is 6.08 Å². The van der Waals surface area contributed by atoms with Gasteiger partial charge in [-0.3, -0.25) is 15.0 Å².